The highest BCUT2D eigenvalue weighted by molar-refractivity contribution is 5.85. The number of aliphatic hydroxyl groups excluding tert-OH is 1. The summed E-state index contributed by atoms with van der Waals surface area (Å²) in [5, 5.41) is 11.9. The number of rotatable bonds is 4. The molecule has 1 fully saturated rings. The molecule has 0 saturated carbocycles. The van der Waals surface area contributed by atoms with Crippen molar-refractivity contribution >= 4 is 10.9 Å². The van der Waals surface area contributed by atoms with Crippen LogP contribution in [0.15, 0.2) is 24.3 Å². The third-order valence-electron chi connectivity index (χ3n) is 5.33. The SMILES string of the molecule is Cc1c(C)n(C[C@H](O)CN2CCCC[C@@H]2C)c2ccccc12. The molecule has 1 aromatic heterocycles. The molecule has 120 valence electrons. The monoisotopic (exact) mass is 300 g/mol. The number of nitrogens with zero attached hydrogens (tertiary/aromatic N) is 2. The first kappa shape index (κ1) is 15.6. The van der Waals surface area contributed by atoms with Crippen LogP contribution in [0.25, 0.3) is 10.9 Å². The van der Waals surface area contributed by atoms with Gasteiger partial charge in [0, 0.05) is 29.2 Å². The van der Waals surface area contributed by atoms with Gasteiger partial charge in [-0.3, -0.25) is 4.90 Å². The lowest BCUT2D eigenvalue weighted by atomic mass is 10.0. The van der Waals surface area contributed by atoms with Gasteiger partial charge in [0.1, 0.15) is 0 Å². The van der Waals surface area contributed by atoms with Crippen molar-refractivity contribution < 1.29 is 5.11 Å². The molecule has 0 amide bonds. The van der Waals surface area contributed by atoms with Crippen molar-refractivity contribution in [2.24, 2.45) is 0 Å². The zero-order valence-corrected chi connectivity index (χ0v) is 14.0. The predicted molar refractivity (Wildman–Crippen MR) is 92.3 cm³/mol. The number of benzene rings is 1. The van der Waals surface area contributed by atoms with Gasteiger partial charge in [-0.15, -0.1) is 0 Å². The predicted octanol–water partition coefficient (Wildman–Crippen LogP) is 3.49. The molecule has 3 heteroatoms. The zero-order valence-electron chi connectivity index (χ0n) is 14.0. The highest BCUT2D eigenvalue weighted by Crippen LogP contribution is 2.25. The van der Waals surface area contributed by atoms with E-state index in [0.29, 0.717) is 12.6 Å². The summed E-state index contributed by atoms with van der Waals surface area (Å²) in [6, 6.07) is 9.10. The Bertz CT molecular complexity index is 646. The van der Waals surface area contributed by atoms with Gasteiger partial charge >= 0.3 is 0 Å². The molecule has 0 aliphatic carbocycles. The smallest absolute Gasteiger partial charge is 0.0845 e. The summed E-state index contributed by atoms with van der Waals surface area (Å²) in [7, 11) is 0. The quantitative estimate of drug-likeness (QED) is 0.936. The third kappa shape index (κ3) is 2.92. The van der Waals surface area contributed by atoms with Crippen LogP contribution >= 0.6 is 0 Å². The number of para-hydroxylation sites is 1. The van der Waals surface area contributed by atoms with Crippen LogP contribution in [-0.4, -0.2) is 39.8 Å². The molecule has 0 bridgehead atoms. The molecular formula is C19H28N2O. The minimum absolute atomic E-state index is 0.311. The Kier molecular flexibility index (Phi) is 4.55. The first-order valence-electron chi connectivity index (χ1n) is 8.54. The number of fused-ring (bicyclic) bond motifs is 1. The number of likely N-dealkylation sites (tertiary alicyclic amines) is 1. The molecule has 1 aromatic carbocycles. The van der Waals surface area contributed by atoms with Crippen LogP contribution in [0.1, 0.15) is 37.4 Å². The van der Waals surface area contributed by atoms with Gasteiger partial charge in [0.25, 0.3) is 0 Å². The lowest BCUT2D eigenvalue weighted by Crippen LogP contribution is -2.43. The van der Waals surface area contributed by atoms with Gasteiger partial charge in [-0.05, 0) is 51.8 Å². The van der Waals surface area contributed by atoms with Crippen LogP contribution in [0.4, 0.5) is 0 Å². The number of aryl methyl sites for hydroxylation is 1. The van der Waals surface area contributed by atoms with E-state index in [4.69, 9.17) is 0 Å². The molecule has 1 aliphatic heterocycles. The van der Waals surface area contributed by atoms with Crippen molar-refractivity contribution in [3.8, 4) is 0 Å². The van der Waals surface area contributed by atoms with E-state index >= 15 is 0 Å². The lowest BCUT2D eigenvalue weighted by molar-refractivity contribution is 0.0641. The van der Waals surface area contributed by atoms with Crippen LogP contribution in [0.2, 0.25) is 0 Å². The molecule has 2 atom stereocenters. The topological polar surface area (TPSA) is 28.4 Å². The molecule has 1 aliphatic rings. The van der Waals surface area contributed by atoms with Crippen LogP contribution in [-0.2, 0) is 6.54 Å². The fraction of sp³-hybridized carbons (Fsp3) is 0.579. The minimum atomic E-state index is -0.311. The number of hydrogen-bond acceptors (Lipinski definition) is 2. The van der Waals surface area contributed by atoms with Gasteiger partial charge in [0.2, 0.25) is 0 Å². The molecule has 3 nitrogen and oxygen atoms in total. The largest absolute Gasteiger partial charge is 0.390 e. The number of β-amino-alcohol motifs (C(OH)–C–C–N with tert-alkyl or cyclic N) is 1. The Balaban J connectivity index is 1.76. The van der Waals surface area contributed by atoms with Gasteiger partial charge in [-0.25, -0.2) is 0 Å². The first-order chi connectivity index (χ1) is 10.6. The number of aliphatic hydroxyl groups is 1. The van der Waals surface area contributed by atoms with Gasteiger partial charge in [0.15, 0.2) is 0 Å². The average molecular weight is 300 g/mol. The fourth-order valence-corrected chi connectivity index (χ4v) is 3.81. The molecule has 1 N–H and O–H groups in total. The van der Waals surface area contributed by atoms with E-state index in [1.807, 2.05) is 0 Å². The molecule has 0 radical (unpaired) electrons. The number of aromatic nitrogens is 1. The van der Waals surface area contributed by atoms with Gasteiger partial charge in [-0.1, -0.05) is 24.6 Å². The van der Waals surface area contributed by atoms with Gasteiger partial charge < -0.3 is 9.67 Å². The maximum atomic E-state index is 10.6. The maximum absolute atomic E-state index is 10.6. The Labute approximate surface area is 133 Å². The second-order valence-electron chi connectivity index (χ2n) is 6.83. The summed E-state index contributed by atoms with van der Waals surface area (Å²) in [5.41, 5.74) is 3.84. The maximum Gasteiger partial charge on any atom is 0.0845 e. The molecule has 2 heterocycles. The van der Waals surface area contributed by atoms with E-state index in [1.54, 1.807) is 0 Å². The molecule has 3 rings (SSSR count). The number of piperidine rings is 1. The summed E-state index contributed by atoms with van der Waals surface area (Å²) in [6.07, 6.45) is 3.54. The summed E-state index contributed by atoms with van der Waals surface area (Å²) >= 11 is 0. The molecule has 1 saturated heterocycles. The van der Waals surface area contributed by atoms with Crippen molar-refractivity contribution in [1.29, 1.82) is 0 Å². The Morgan fingerprint density at radius 2 is 1.95 bits per heavy atom. The molecule has 2 aromatic rings. The summed E-state index contributed by atoms with van der Waals surface area (Å²) in [4.78, 5) is 2.45. The Hall–Kier alpha value is -1.32. The second-order valence-corrected chi connectivity index (χ2v) is 6.83. The van der Waals surface area contributed by atoms with Crippen LogP contribution < -0.4 is 0 Å². The summed E-state index contributed by atoms with van der Waals surface area (Å²) in [5.74, 6) is 0. The first-order valence-corrected chi connectivity index (χ1v) is 8.54. The molecule has 22 heavy (non-hydrogen) atoms. The van der Waals surface area contributed by atoms with E-state index in [2.05, 4.69) is 54.5 Å². The van der Waals surface area contributed by atoms with E-state index in [1.165, 1.54) is 41.4 Å². The standard InChI is InChI=1S/C19H28N2O/c1-14-8-6-7-11-20(14)12-17(22)13-21-16(3)15(2)18-9-4-5-10-19(18)21/h4-5,9-10,14,17,22H,6-8,11-13H2,1-3H3/t14-,17+/m0/s1. The zero-order chi connectivity index (χ0) is 15.7. The van der Waals surface area contributed by atoms with Crippen LogP contribution in [0.5, 0.6) is 0 Å². The molecular weight excluding hydrogens is 272 g/mol. The Morgan fingerprint density at radius 1 is 1.18 bits per heavy atom. The van der Waals surface area contributed by atoms with Crippen molar-refractivity contribution in [3.05, 3.63) is 35.5 Å². The third-order valence-corrected chi connectivity index (χ3v) is 5.33. The second kappa shape index (κ2) is 6.43. The molecule has 0 spiro atoms. The van der Waals surface area contributed by atoms with E-state index < -0.39 is 0 Å². The fourth-order valence-electron chi connectivity index (χ4n) is 3.81. The highest BCUT2D eigenvalue weighted by atomic mass is 16.3. The Morgan fingerprint density at radius 3 is 2.73 bits per heavy atom. The van der Waals surface area contributed by atoms with Crippen molar-refractivity contribution in [3.63, 3.8) is 0 Å². The minimum Gasteiger partial charge on any atom is -0.390 e. The highest BCUT2D eigenvalue weighted by Gasteiger charge is 2.22. The van der Waals surface area contributed by atoms with Gasteiger partial charge in [0.05, 0.1) is 12.6 Å². The van der Waals surface area contributed by atoms with Crippen molar-refractivity contribution in [1.82, 2.24) is 9.47 Å². The van der Waals surface area contributed by atoms with Crippen molar-refractivity contribution in [2.45, 2.75) is 58.7 Å². The van der Waals surface area contributed by atoms with Crippen LogP contribution in [0.3, 0.4) is 0 Å². The normalized spacial score (nSPS) is 21.4. The van der Waals surface area contributed by atoms with Crippen LogP contribution in [0, 0.1) is 13.8 Å². The van der Waals surface area contributed by atoms with E-state index in [9.17, 15) is 5.11 Å². The molecule has 0 unspecified atom stereocenters. The number of hydrogen-bond donors (Lipinski definition) is 1. The van der Waals surface area contributed by atoms with Crippen molar-refractivity contribution in [2.75, 3.05) is 13.1 Å². The van der Waals surface area contributed by atoms with Gasteiger partial charge in [-0.2, -0.15) is 0 Å². The van der Waals surface area contributed by atoms with E-state index in [-0.39, 0.29) is 6.10 Å². The van der Waals surface area contributed by atoms with E-state index in [0.717, 1.165) is 13.1 Å². The summed E-state index contributed by atoms with van der Waals surface area (Å²) < 4.78 is 2.28. The lowest BCUT2D eigenvalue weighted by Gasteiger charge is -2.34. The summed E-state index contributed by atoms with van der Waals surface area (Å²) in [6.45, 7) is 9.21. The average Bonchev–Trinajstić information content (AvgIpc) is 2.75.